The zero-order valence-electron chi connectivity index (χ0n) is 14.4. The van der Waals surface area contributed by atoms with E-state index in [1.807, 2.05) is 16.0 Å². The van der Waals surface area contributed by atoms with Gasteiger partial charge in [-0.2, -0.15) is 0 Å². The Labute approximate surface area is 155 Å². The van der Waals surface area contributed by atoms with Crippen molar-refractivity contribution in [2.24, 2.45) is 0 Å². The Morgan fingerprint density at radius 1 is 1.36 bits per heavy atom. The number of nitrogens with zero attached hydrogens (tertiary/aromatic N) is 3. The fraction of sp³-hybridized carbons (Fsp3) is 0.500. The molecule has 25 heavy (non-hydrogen) atoms. The summed E-state index contributed by atoms with van der Waals surface area (Å²) in [4.78, 5) is 24.3. The van der Waals surface area contributed by atoms with Crippen LogP contribution in [0.15, 0.2) is 22.7 Å². The molecule has 2 aromatic heterocycles. The predicted molar refractivity (Wildman–Crippen MR) is 97.8 cm³/mol. The summed E-state index contributed by atoms with van der Waals surface area (Å²) in [5, 5.41) is 13.7. The number of unbranched alkanes of at least 4 members (excludes halogenated alkanes) is 1. The molecule has 2 rings (SSSR count). The molecule has 2 heterocycles. The maximum absolute atomic E-state index is 12.1. The molecule has 0 saturated carbocycles. The Morgan fingerprint density at radius 2 is 2.20 bits per heavy atom. The summed E-state index contributed by atoms with van der Waals surface area (Å²) >= 11 is 2.70. The summed E-state index contributed by atoms with van der Waals surface area (Å²) in [5.74, 6) is 0.482. The fourth-order valence-corrected chi connectivity index (χ4v) is 3.50. The lowest BCUT2D eigenvalue weighted by Crippen LogP contribution is -2.24. The van der Waals surface area contributed by atoms with Crippen molar-refractivity contribution in [2.45, 2.75) is 44.9 Å². The van der Waals surface area contributed by atoms with Gasteiger partial charge in [0.25, 0.3) is 5.91 Å². The van der Waals surface area contributed by atoms with Crippen molar-refractivity contribution in [3.8, 4) is 0 Å². The van der Waals surface area contributed by atoms with Crippen molar-refractivity contribution in [3.05, 3.63) is 28.2 Å². The van der Waals surface area contributed by atoms with Gasteiger partial charge < -0.3 is 14.6 Å². The summed E-state index contributed by atoms with van der Waals surface area (Å²) in [6, 6.07) is 3.62. The van der Waals surface area contributed by atoms with Crippen LogP contribution in [0, 0.1) is 0 Å². The minimum absolute atomic E-state index is 0.124. The van der Waals surface area contributed by atoms with E-state index in [4.69, 9.17) is 4.74 Å². The van der Waals surface area contributed by atoms with Crippen LogP contribution in [0.5, 0.6) is 0 Å². The number of carbonyl (C=O) groups excluding carboxylic acids is 2. The van der Waals surface area contributed by atoms with Gasteiger partial charge in [0, 0.05) is 6.54 Å². The number of aromatic nitrogens is 3. The molecule has 0 aliphatic carbocycles. The maximum Gasteiger partial charge on any atom is 0.316 e. The predicted octanol–water partition coefficient (Wildman–Crippen LogP) is 2.72. The number of rotatable bonds is 10. The second-order valence-corrected chi connectivity index (χ2v) is 7.05. The van der Waals surface area contributed by atoms with Crippen LogP contribution in [-0.4, -0.2) is 39.0 Å². The van der Waals surface area contributed by atoms with Crippen molar-refractivity contribution in [1.82, 2.24) is 20.1 Å². The van der Waals surface area contributed by atoms with E-state index in [1.54, 1.807) is 13.0 Å². The van der Waals surface area contributed by atoms with Crippen molar-refractivity contribution in [1.29, 1.82) is 0 Å². The summed E-state index contributed by atoms with van der Waals surface area (Å²) in [6.45, 7) is 5.29. The van der Waals surface area contributed by atoms with Crippen LogP contribution in [0.25, 0.3) is 0 Å². The Bertz CT molecular complexity index is 686. The minimum Gasteiger partial charge on any atom is -0.465 e. The van der Waals surface area contributed by atoms with Gasteiger partial charge in [0.1, 0.15) is 0 Å². The molecule has 0 aliphatic rings. The molecule has 0 aliphatic heterocycles. The van der Waals surface area contributed by atoms with Crippen LogP contribution in [0.3, 0.4) is 0 Å². The Hall–Kier alpha value is -1.87. The fourth-order valence-electron chi connectivity index (χ4n) is 2.08. The molecule has 1 N–H and O–H groups in total. The zero-order chi connectivity index (χ0) is 18.1. The molecule has 0 spiro atoms. The topological polar surface area (TPSA) is 86.1 Å². The van der Waals surface area contributed by atoms with E-state index in [-0.39, 0.29) is 17.6 Å². The Kier molecular flexibility index (Phi) is 7.93. The number of carbonyl (C=O) groups is 2. The number of ether oxygens (including phenoxy) is 1. The van der Waals surface area contributed by atoms with E-state index in [0.717, 1.165) is 19.4 Å². The van der Waals surface area contributed by atoms with E-state index in [9.17, 15) is 9.59 Å². The normalized spacial score (nSPS) is 10.6. The Morgan fingerprint density at radius 3 is 2.88 bits per heavy atom. The number of hydrogen-bond donors (Lipinski definition) is 1. The average Bonchev–Trinajstić information content (AvgIpc) is 3.26. The second-order valence-electron chi connectivity index (χ2n) is 5.16. The van der Waals surface area contributed by atoms with Gasteiger partial charge in [-0.05, 0) is 24.8 Å². The van der Waals surface area contributed by atoms with E-state index >= 15 is 0 Å². The second kappa shape index (κ2) is 10.2. The van der Waals surface area contributed by atoms with Gasteiger partial charge >= 0.3 is 5.97 Å². The first-order valence-electron chi connectivity index (χ1n) is 8.17. The van der Waals surface area contributed by atoms with Crippen LogP contribution in [0.4, 0.5) is 0 Å². The van der Waals surface area contributed by atoms with Crippen molar-refractivity contribution < 1.29 is 14.3 Å². The quantitative estimate of drug-likeness (QED) is 0.502. The van der Waals surface area contributed by atoms with Crippen LogP contribution in [0.1, 0.15) is 42.2 Å². The molecular weight excluding hydrogens is 360 g/mol. The van der Waals surface area contributed by atoms with Crippen molar-refractivity contribution in [3.63, 3.8) is 0 Å². The van der Waals surface area contributed by atoms with Crippen LogP contribution in [0.2, 0.25) is 0 Å². The highest BCUT2D eigenvalue weighted by Gasteiger charge is 2.15. The third-order valence-corrected chi connectivity index (χ3v) is 5.11. The molecule has 9 heteroatoms. The maximum atomic E-state index is 12.1. The van der Waals surface area contributed by atoms with Gasteiger partial charge in [0.2, 0.25) is 0 Å². The third-order valence-electron chi connectivity index (χ3n) is 3.31. The highest BCUT2D eigenvalue weighted by Crippen LogP contribution is 2.18. The van der Waals surface area contributed by atoms with Gasteiger partial charge in [-0.15, -0.1) is 21.5 Å². The largest absolute Gasteiger partial charge is 0.465 e. The molecule has 7 nitrogen and oxygen atoms in total. The van der Waals surface area contributed by atoms with Gasteiger partial charge in [-0.25, -0.2) is 0 Å². The van der Waals surface area contributed by atoms with E-state index < -0.39 is 0 Å². The SMILES string of the molecule is CCCCn1c(CNC(=O)c2cccs2)nnc1SCC(=O)OCC. The molecule has 0 aromatic carbocycles. The third kappa shape index (κ3) is 5.86. The molecule has 1 amide bonds. The van der Waals surface area contributed by atoms with E-state index in [2.05, 4.69) is 22.4 Å². The first-order valence-corrected chi connectivity index (χ1v) is 10.0. The summed E-state index contributed by atoms with van der Waals surface area (Å²) in [6.07, 6.45) is 2.00. The number of nitrogens with one attached hydrogen (secondary N) is 1. The molecule has 0 radical (unpaired) electrons. The first kappa shape index (κ1) is 19.5. The van der Waals surface area contributed by atoms with Crippen LogP contribution < -0.4 is 5.32 Å². The molecule has 2 aromatic rings. The lowest BCUT2D eigenvalue weighted by Gasteiger charge is -2.10. The summed E-state index contributed by atoms with van der Waals surface area (Å²) in [5.41, 5.74) is 0. The van der Waals surface area contributed by atoms with Crippen LogP contribution >= 0.6 is 23.1 Å². The highest BCUT2D eigenvalue weighted by molar-refractivity contribution is 7.99. The van der Waals surface area contributed by atoms with Gasteiger partial charge in [-0.3, -0.25) is 9.59 Å². The molecule has 0 saturated heterocycles. The average molecular weight is 383 g/mol. The van der Waals surface area contributed by atoms with Crippen molar-refractivity contribution >= 4 is 35.0 Å². The monoisotopic (exact) mass is 382 g/mol. The molecule has 136 valence electrons. The van der Waals surface area contributed by atoms with Gasteiger partial charge in [0.05, 0.1) is 23.8 Å². The summed E-state index contributed by atoms with van der Waals surface area (Å²) < 4.78 is 6.90. The first-order chi connectivity index (χ1) is 12.2. The van der Waals surface area contributed by atoms with Crippen molar-refractivity contribution in [2.75, 3.05) is 12.4 Å². The molecule has 0 atom stereocenters. The number of thioether (sulfide) groups is 1. The highest BCUT2D eigenvalue weighted by atomic mass is 32.2. The lowest BCUT2D eigenvalue weighted by atomic mass is 10.3. The molecule has 0 bridgehead atoms. The number of esters is 1. The van der Waals surface area contributed by atoms with E-state index in [1.165, 1.54) is 23.1 Å². The molecule has 0 fully saturated rings. The Balaban J connectivity index is 2.01. The van der Waals surface area contributed by atoms with Gasteiger partial charge in [-0.1, -0.05) is 31.2 Å². The van der Waals surface area contributed by atoms with E-state index in [0.29, 0.717) is 29.0 Å². The molecular formula is C16H22N4O3S2. The minimum atomic E-state index is -0.273. The van der Waals surface area contributed by atoms with Gasteiger partial charge in [0.15, 0.2) is 11.0 Å². The number of amides is 1. The van der Waals surface area contributed by atoms with Crippen LogP contribution in [-0.2, 0) is 22.6 Å². The number of thiophene rings is 1. The number of hydrogen-bond acceptors (Lipinski definition) is 7. The smallest absolute Gasteiger partial charge is 0.316 e. The lowest BCUT2D eigenvalue weighted by molar-refractivity contribution is -0.139. The zero-order valence-corrected chi connectivity index (χ0v) is 16.0. The summed E-state index contributed by atoms with van der Waals surface area (Å²) in [7, 11) is 0. The molecule has 0 unspecified atom stereocenters. The standard InChI is InChI=1S/C16H22N4O3S2/c1-3-5-8-20-13(10-17-15(22)12-7-6-9-24-12)18-19-16(20)25-11-14(21)23-4-2/h6-7,9H,3-5,8,10-11H2,1-2H3,(H,17,22).